The van der Waals surface area contributed by atoms with Crippen molar-refractivity contribution in [3.63, 3.8) is 0 Å². The molecule has 0 amide bonds. The highest BCUT2D eigenvalue weighted by atomic mass is 14.7. The van der Waals surface area contributed by atoms with Crippen molar-refractivity contribution < 1.29 is 0 Å². The minimum atomic E-state index is 0.921. The standard InChI is InChI=1S/3C41H27N3/c1-3-11-30-21-32(17-15-28(30)9-1)40-26-35(27-41(44-40)33-18-16-29-10-2-4-12-31(29)22-33)34-23-36(38-13-5-7-19-42-38)25-37(24-34)39-14-6-8-20-43-39;1-3-9-30-19-32(15-13-28(30)7-1)40-24-39(25-41(44-40)33-16-14-29-8-2-4-10-31(29)20-33)38-22-36(34-11-5-17-42-26-34)21-37(23-38)35-12-6-18-43-27-35;1-3-7-32-21-34(11-9-28(32)5-1)40-26-39(27-41(44-40)35-12-10-29-6-2-4-8-33(29)22-35)38-24-36(30-13-17-42-18-14-30)23-37(25-38)31-15-19-43-20-16-31/h3*1-27H. The number of pyridine rings is 9. The molecule has 0 bridgehead atoms. The molecule has 0 aliphatic heterocycles. The first-order chi connectivity index (χ1) is 65.3. The average molecular weight is 1690 g/mol. The number of aromatic nitrogens is 9. The summed E-state index contributed by atoms with van der Waals surface area (Å²) >= 11 is 0. The van der Waals surface area contributed by atoms with Crippen LogP contribution in [0.5, 0.6) is 0 Å². The maximum Gasteiger partial charge on any atom is 0.0715 e. The van der Waals surface area contributed by atoms with Crippen LogP contribution in [0.25, 0.3) is 233 Å². The van der Waals surface area contributed by atoms with Crippen LogP contribution >= 0.6 is 0 Å². The van der Waals surface area contributed by atoms with Gasteiger partial charge in [0, 0.05) is 118 Å². The van der Waals surface area contributed by atoms with Gasteiger partial charge in [-0.05, 0) is 319 Å². The number of benzene rings is 15. The molecule has 24 rings (SSSR count). The van der Waals surface area contributed by atoms with Crippen molar-refractivity contribution in [3.05, 3.63) is 493 Å². The first kappa shape index (κ1) is 80.1. The van der Waals surface area contributed by atoms with E-state index in [1.807, 2.05) is 98.4 Å². The first-order valence-corrected chi connectivity index (χ1v) is 44.2. The summed E-state index contributed by atoms with van der Waals surface area (Å²) in [6, 6.07) is 152. The molecule has 0 radical (unpaired) electrons. The molecule has 9 aromatic heterocycles. The third-order valence-corrected chi connectivity index (χ3v) is 24.5. The second-order valence-corrected chi connectivity index (χ2v) is 33.0. The predicted molar refractivity (Wildman–Crippen MR) is 546 cm³/mol. The van der Waals surface area contributed by atoms with Crippen LogP contribution < -0.4 is 0 Å². The normalized spacial score (nSPS) is 11.2. The van der Waals surface area contributed by atoms with Crippen molar-refractivity contribution in [1.29, 1.82) is 0 Å². The minimum Gasteiger partial charge on any atom is -0.265 e. The van der Waals surface area contributed by atoms with E-state index in [4.69, 9.17) is 15.0 Å². The Kier molecular flexibility index (Phi) is 22.0. The van der Waals surface area contributed by atoms with Crippen LogP contribution in [0.4, 0.5) is 0 Å². The van der Waals surface area contributed by atoms with Gasteiger partial charge in [-0.2, -0.15) is 0 Å². The zero-order valence-corrected chi connectivity index (χ0v) is 71.8. The molecular formula is C123H81N9. The van der Waals surface area contributed by atoms with Gasteiger partial charge in [-0.15, -0.1) is 0 Å². The molecule has 0 unspecified atom stereocenters. The van der Waals surface area contributed by atoms with Crippen LogP contribution in [0.2, 0.25) is 0 Å². The molecule has 0 saturated heterocycles. The van der Waals surface area contributed by atoms with E-state index < -0.39 is 0 Å². The van der Waals surface area contributed by atoms with Gasteiger partial charge in [0.15, 0.2) is 0 Å². The molecule has 0 fully saturated rings. The number of hydrogen-bond donors (Lipinski definition) is 0. The van der Waals surface area contributed by atoms with E-state index in [9.17, 15) is 0 Å². The molecule has 618 valence electrons. The fourth-order valence-corrected chi connectivity index (χ4v) is 17.6. The van der Waals surface area contributed by atoms with E-state index in [1.54, 1.807) is 0 Å². The Balaban J connectivity index is 0.000000116. The summed E-state index contributed by atoms with van der Waals surface area (Å²) in [5, 5.41) is 14.5. The molecular weight excluding hydrogens is 1600 g/mol. The third-order valence-electron chi connectivity index (χ3n) is 24.5. The Hall–Kier alpha value is -17.8. The van der Waals surface area contributed by atoms with Crippen molar-refractivity contribution in [3.8, 4) is 168 Å². The Bertz CT molecular complexity index is 7140. The summed E-state index contributed by atoms with van der Waals surface area (Å²) in [5.74, 6) is 0. The van der Waals surface area contributed by atoms with Gasteiger partial charge in [-0.25, -0.2) is 15.0 Å². The van der Waals surface area contributed by atoms with Gasteiger partial charge in [-0.1, -0.05) is 243 Å². The fraction of sp³-hybridized carbons (Fsp3) is 0. The number of rotatable bonds is 15. The van der Waals surface area contributed by atoms with Gasteiger partial charge < -0.3 is 0 Å². The number of hydrogen-bond acceptors (Lipinski definition) is 9. The molecule has 0 N–H and O–H groups in total. The zero-order valence-electron chi connectivity index (χ0n) is 71.8. The van der Waals surface area contributed by atoms with Gasteiger partial charge in [-0.3, -0.25) is 29.9 Å². The molecule has 0 atom stereocenters. The van der Waals surface area contributed by atoms with Crippen LogP contribution in [0, 0.1) is 0 Å². The predicted octanol–water partition coefficient (Wildman–Crippen LogP) is 31.5. The van der Waals surface area contributed by atoms with Crippen molar-refractivity contribution >= 4 is 64.6 Å². The maximum absolute atomic E-state index is 5.26. The van der Waals surface area contributed by atoms with E-state index in [0.717, 1.165) is 168 Å². The van der Waals surface area contributed by atoms with E-state index in [-0.39, 0.29) is 0 Å². The Morgan fingerprint density at radius 3 is 0.568 bits per heavy atom. The average Bonchev–Trinajstić information content (AvgIpc) is 0.782. The first-order valence-electron chi connectivity index (χ1n) is 44.2. The quantitative estimate of drug-likeness (QED) is 0.0989. The molecule has 15 aromatic carbocycles. The second-order valence-electron chi connectivity index (χ2n) is 33.0. The molecule has 0 aliphatic rings. The number of nitrogens with zero attached hydrogens (tertiary/aromatic N) is 9. The van der Waals surface area contributed by atoms with E-state index in [0.29, 0.717) is 0 Å². The summed E-state index contributed by atoms with van der Waals surface area (Å²) in [6.07, 6.45) is 18.5. The van der Waals surface area contributed by atoms with Crippen molar-refractivity contribution in [2.45, 2.75) is 0 Å². The fourth-order valence-electron chi connectivity index (χ4n) is 17.6. The smallest absolute Gasteiger partial charge is 0.0715 e. The van der Waals surface area contributed by atoms with E-state index in [1.165, 1.54) is 64.6 Å². The zero-order chi connectivity index (χ0) is 87.9. The Morgan fingerprint density at radius 1 is 0.106 bits per heavy atom. The number of fused-ring (bicyclic) bond motifs is 6. The van der Waals surface area contributed by atoms with Crippen LogP contribution in [0.3, 0.4) is 0 Å². The topological polar surface area (TPSA) is 116 Å². The van der Waals surface area contributed by atoms with Gasteiger partial charge in [0.25, 0.3) is 0 Å². The third kappa shape index (κ3) is 17.4. The van der Waals surface area contributed by atoms with E-state index >= 15 is 0 Å². The molecule has 0 saturated carbocycles. The molecule has 9 nitrogen and oxygen atoms in total. The SMILES string of the molecule is c1ccc(-c2cc(-c3cc(-c4ccc5ccccc5c4)nc(-c4ccc5ccccc5c4)c3)cc(-c3ccccn3)c2)nc1.c1ccc2cc(-c3cc(-c4cc(-c5ccncc5)cc(-c5ccncc5)c4)cc(-c4ccc5ccccc5c4)n3)ccc2c1.c1cncc(-c2cc(-c3cccnc3)cc(-c3cc(-c4ccc5ccccc5c4)nc(-c4ccc5ccccc5c4)c3)c2)c1. The monoisotopic (exact) mass is 1680 g/mol. The van der Waals surface area contributed by atoms with Crippen molar-refractivity contribution in [1.82, 2.24) is 44.9 Å². The van der Waals surface area contributed by atoms with Crippen LogP contribution in [-0.4, -0.2) is 44.9 Å². The van der Waals surface area contributed by atoms with Crippen LogP contribution in [0.15, 0.2) is 493 Å². The van der Waals surface area contributed by atoms with Crippen LogP contribution in [-0.2, 0) is 0 Å². The molecule has 0 aliphatic carbocycles. The van der Waals surface area contributed by atoms with Gasteiger partial charge in [0.05, 0.1) is 45.6 Å². The highest BCUT2D eigenvalue weighted by molar-refractivity contribution is 5.97. The minimum absolute atomic E-state index is 0.921. The van der Waals surface area contributed by atoms with E-state index in [2.05, 4.69) is 424 Å². The lowest BCUT2D eigenvalue weighted by molar-refractivity contribution is 1.31. The van der Waals surface area contributed by atoms with Gasteiger partial charge >= 0.3 is 0 Å². The molecule has 9 heteroatoms. The second kappa shape index (κ2) is 36.3. The Morgan fingerprint density at radius 2 is 0.326 bits per heavy atom. The molecule has 9 heterocycles. The molecule has 0 spiro atoms. The summed E-state index contributed by atoms with van der Waals surface area (Å²) < 4.78 is 0. The summed E-state index contributed by atoms with van der Waals surface area (Å²) in [4.78, 5) is 42.4. The summed E-state index contributed by atoms with van der Waals surface area (Å²) in [6.45, 7) is 0. The largest absolute Gasteiger partial charge is 0.265 e. The lowest BCUT2D eigenvalue weighted by Gasteiger charge is -2.14. The summed E-state index contributed by atoms with van der Waals surface area (Å²) in [7, 11) is 0. The Labute approximate surface area is 764 Å². The highest BCUT2D eigenvalue weighted by Crippen LogP contribution is 2.43. The van der Waals surface area contributed by atoms with Gasteiger partial charge in [0.1, 0.15) is 0 Å². The lowest BCUT2D eigenvalue weighted by atomic mass is 9.92. The molecule has 132 heavy (non-hydrogen) atoms. The molecule has 24 aromatic rings. The van der Waals surface area contributed by atoms with Crippen molar-refractivity contribution in [2.75, 3.05) is 0 Å². The maximum atomic E-state index is 5.26. The van der Waals surface area contributed by atoms with Gasteiger partial charge in [0.2, 0.25) is 0 Å². The summed E-state index contributed by atoms with van der Waals surface area (Å²) in [5.41, 5.74) is 31.5. The lowest BCUT2D eigenvalue weighted by Crippen LogP contribution is -1.93. The van der Waals surface area contributed by atoms with Crippen molar-refractivity contribution in [2.24, 2.45) is 0 Å². The van der Waals surface area contributed by atoms with Crippen LogP contribution in [0.1, 0.15) is 0 Å². The highest BCUT2D eigenvalue weighted by Gasteiger charge is 2.20.